The van der Waals surface area contributed by atoms with Crippen molar-refractivity contribution in [2.45, 2.75) is 4.90 Å². The molecule has 0 fully saturated rings. The average Bonchev–Trinajstić information content (AvgIpc) is 2.26. The molecule has 1 aromatic rings. The number of ether oxygens (including phenoxy) is 1. The Labute approximate surface area is 91.5 Å². The molecule has 1 rings (SSSR count). The van der Waals surface area contributed by atoms with Crippen LogP contribution in [0.15, 0.2) is 28.2 Å². The zero-order valence-corrected chi connectivity index (χ0v) is 9.21. The van der Waals surface area contributed by atoms with Crippen molar-refractivity contribution >= 4 is 16.0 Å². The Kier molecular flexibility index (Phi) is 3.80. The number of methoxy groups -OCH3 is 1. The van der Waals surface area contributed by atoms with Crippen molar-refractivity contribution < 1.29 is 17.9 Å². The van der Waals surface area contributed by atoms with Crippen molar-refractivity contribution in [1.82, 2.24) is 9.71 Å². The highest BCUT2D eigenvalue weighted by molar-refractivity contribution is 7.89. The molecule has 16 heavy (non-hydrogen) atoms. The summed E-state index contributed by atoms with van der Waals surface area (Å²) in [4.78, 5) is 24.0. The van der Waals surface area contributed by atoms with E-state index in [4.69, 9.17) is 0 Å². The molecule has 0 aliphatic rings. The second-order valence-electron chi connectivity index (χ2n) is 2.77. The quantitative estimate of drug-likeness (QED) is 0.651. The summed E-state index contributed by atoms with van der Waals surface area (Å²) in [6, 6.07) is 1.08. The van der Waals surface area contributed by atoms with Crippen molar-refractivity contribution in [2.24, 2.45) is 0 Å². The van der Waals surface area contributed by atoms with E-state index in [1.807, 2.05) is 4.72 Å². The molecule has 0 saturated heterocycles. The number of rotatable bonds is 4. The molecule has 0 bridgehead atoms. The number of sulfonamides is 1. The number of hydrogen-bond donors (Lipinski definition) is 2. The van der Waals surface area contributed by atoms with Crippen LogP contribution in [0.3, 0.4) is 0 Å². The predicted octanol–water partition coefficient (Wildman–Crippen LogP) is -1.17. The highest BCUT2D eigenvalue weighted by atomic mass is 32.2. The molecule has 0 saturated carbocycles. The Morgan fingerprint density at radius 3 is 2.81 bits per heavy atom. The minimum absolute atomic E-state index is 0.445. The molecule has 2 N–H and O–H groups in total. The first kappa shape index (κ1) is 12.4. The van der Waals surface area contributed by atoms with Gasteiger partial charge in [0.2, 0.25) is 15.5 Å². The molecule has 88 valence electrons. The lowest BCUT2D eigenvalue weighted by atomic mass is 10.5. The summed E-state index contributed by atoms with van der Waals surface area (Å²) < 4.78 is 29.3. The molecular weight excluding hydrogens is 236 g/mol. The van der Waals surface area contributed by atoms with Gasteiger partial charge in [-0.1, -0.05) is 0 Å². The van der Waals surface area contributed by atoms with Crippen LogP contribution in [0.5, 0.6) is 0 Å². The maximum atomic E-state index is 11.5. The lowest BCUT2D eigenvalue weighted by Gasteiger charge is -2.04. The number of aromatic nitrogens is 1. The van der Waals surface area contributed by atoms with Crippen molar-refractivity contribution in [3.05, 3.63) is 28.7 Å². The maximum Gasteiger partial charge on any atom is 0.320 e. The monoisotopic (exact) mass is 246 g/mol. The minimum Gasteiger partial charge on any atom is -0.468 e. The number of nitrogens with one attached hydrogen (secondary N) is 2. The highest BCUT2D eigenvalue weighted by Crippen LogP contribution is 1.98. The zero-order valence-electron chi connectivity index (χ0n) is 8.39. The van der Waals surface area contributed by atoms with Gasteiger partial charge in [-0.15, -0.1) is 0 Å². The van der Waals surface area contributed by atoms with Crippen molar-refractivity contribution in [3.8, 4) is 0 Å². The number of esters is 1. The number of pyridine rings is 1. The van der Waals surface area contributed by atoms with Gasteiger partial charge < -0.3 is 9.72 Å². The fourth-order valence-corrected chi connectivity index (χ4v) is 1.93. The van der Waals surface area contributed by atoms with Gasteiger partial charge >= 0.3 is 5.97 Å². The first-order valence-corrected chi connectivity index (χ1v) is 5.69. The molecule has 1 aromatic heterocycles. The van der Waals surface area contributed by atoms with E-state index in [-0.39, 0.29) is 0 Å². The summed E-state index contributed by atoms with van der Waals surface area (Å²) in [6.45, 7) is -0.521. The zero-order chi connectivity index (χ0) is 12.2. The van der Waals surface area contributed by atoms with E-state index in [1.165, 1.54) is 6.20 Å². The van der Waals surface area contributed by atoms with Crippen molar-refractivity contribution in [2.75, 3.05) is 13.7 Å². The van der Waals surface area contributed by atoms with Crippen LogP contribution in [-0.4, -0.2) is 33.0 Å². The molecule has 0 amide bonds. The second-order valence-corrected chi connectivity index (χ2v) is 4.51. The lowest BCUT2D eigenvalue weighted by Crippen LogP contribution is -2.33. The smallest absolute Gasteiger partial charge is 0.320 e. The molecule has 1 heterocycles. The fraction of sp³-hybridized carbons (Fsp3) is 0.250. The van der Waals surface area contributed by atoms with Crippen molar-refractivity contribution in [3.63, 3.8) is 0 Å². The number of carbonyl (C=O) groups excluding carboxylic acids is 1. The summed E-state index contributed by atoms with van der Waals surface area (Å²) in [5, 5.41) is 0. The normalized spacial score (nSPS) is 11.1. The Morgan fingerprint density at radius 2 is 2.25 bits per heavy atom. The van der Waals surface area contributed by atoms with Gasteiger partial charge in [-0.2, -0.15) is 4.72 Å². The predicted molar refractivity (Wildman–Crippen MR) is 54.3 cm³/mol. The van der Waals surface area contributed by atoms with Gasteiger partial charge in [0.05, 0.1) is 7.11 Å². The highest BCUT2D eigenvalue weighted by Gasteiger charge is 2.18. The SMILES string of the molecule is COC(=O)CNS(=O)(=O)c1c[nH]ccc1=O. The third-order valence-corrected chi connectivity index (χ3v) is 3.13. The number of H-pyrrole nitrogens is 1. The Bertz CT molecular complexity index is 533. The van der Waals surface area contributed by atoms with E-state index in [1.54, 1.807) is 0 Å². The average molecular weight is 246 g/mol. The van der Waals surface area contributed by atoms with Crippen molar-refractivity contribution in [1.29, 1.82) is 0 Å². The van der Waals surface area contributed by atoms with Crippen LogP contribution in [0.25, 0.3) is 0 Å². The minimum atomic E-state index is -3.99. The molecule has 0 radical (unpaired) electrons. The van der Waals surface area contributed by atoms with E-state index in [9.17, 15) is 18.0 Å². The standard InChI is InChI=1S/C8H10N2O5S/c1-15-8(12)5-10-16(13,14)7-4-9-3-2-6(7)11/h2-4,10H,5H2,1H3,(H,9,11). The summed E-state index contributed by atoms with van der Waals surface area (Å²) in [6.07, 6.45) is 2.35. The maximum absolute atomic E-state index is 11.5. The number of hydrogen-bond acceptors (Lipinski definition) is 5. The molecule has 0 spiro atoms. The van der Waals surface area contributed by atoms with E-state index in [0.29, 0.717) is 0 Å². The van der Waals surface area contributed by atoms with Gasteiger partial charge in [-0.25, -0.2) is 8.42 Å². The summed E-state index contributed by atoms with van der Waals surface area (Å²) in [7, 11) is -2.86. The first-order chi connectivity index (χ1) is 7.47. The Balaban J connectivity index is 2.92. The largest absolute Gasteiger partial charge is 0.468 e. The Morgan fingerprint density at radius 1 is 1.56 bits per heavy atom. The number of aromatic amines is 1. The summed E-state index contributed by atoms with van der Waals surface area (Å²) in [5.74, 6) is -0.740. The molecule has 7 nitrogen and oxygen atoms in total. The van der Waals surface area contributed by atoms with Gasteiger partial charge in [-0.3, -0.25) is 9.59 Å². The molecule has 0 atom stereocenters. The van der Waals surface area contributed by atoms with E-state index < -0.39 is 32.9 Å². The Hall–Kier alpha value is -1.67. The molecule has 0 unspecified atom stereocenters. The summed E-state index contributed by atoms with van der Waals surface area (Å²) >= 11 is 0. The topological polar surface area (TPSA) is 105 Å². The van der Waals surface area contributed by atoms with E-state index in [2.05, 4.69) is 9.72 Å². The molecule has 0 aromatic carbocycles. The van der Waals surface area contributed by atoms with Crippen LogP contribution in [0, 0.1) is 0 Å². The first-order valence-electron chi connectivity index (χ1n) is 4.21. The summed E-state index contributed by atoms with van der Waals surface area (Å²) in [5.41, 5.74) is -0.656. The van der Waals surface area contributed by atoms with Gasteiger partial charge in [-0.05, 0) is 0 Å². The van der Waals surface area contributed by atoms with E-state index in [0.717, 1.165) is 19.4 Å². The molecule has 0 aliphatic heterocycles. The van der Waals surface area contributed by atoms with Gasteiger partial charge in [0.1, 0.15) is 11.4 Å². The van der Waals surface area contributed by atoms with Gasteiger partial charge in [0.25, 0.3) is 0 Å². The molecular formula is C8H10N2O5S. The van der Waals surface area contributed by atoms with Gasteiger partial charge in [0.15, 0.2) is 0 Å². The van der Waals surface area contributed by atoms with Crippen LogP contribution < -0.4 is 10.2 Å². The van der Waals surface area contributed by atoms with Crippen LogP contribution in [0.1, 0.15) is 0 Å². The van der Waals surface area contributed by atoms with E-state index >= 15 is 0 Å². The number of carbonyl (C=O) groups is 1. The fourth-order valence-electron chi connectivity index (χ4n) is 0.915. The van der Waals surface area contributed by atoms with Crippen LogP contribution in [0.2, 0.25) is 0 Å². The lowest BCUT2D eigenvalue weighted by molar-refractivity contribution is -0.139. The van der Waals surface area contributed by atoms with Crippen LogP contribution >= 0.6 is 0 Å². The van der Waals surface area contributed by atoms with Crippen LogP contribution in [-0.2, 0) is 19.6 Å². The molecule has 0 aliphatic carbocycles. The second kappa shape index (κ2) is 4.90. The third kappa shape index (κ3) is 2.91. The van der Waals surface area contributed by atoms with Gasteiger partial charge in [0, 0.05) is 18.5 Å². The molecule has 8 heteroatoms. The van der Waals surface area contributed by atoms with Crippen LogP contribution in [0.4, 0.5) is 0 Å². The third-order valence-electron chi connectivity index (χ3n) is 1.71.